The highest BCUT2D eigenvalue weighted by Crippen LogP contribution is 2.23. The van der Waals surface area contributed by atoms with E-state index in [1.807, 2.05) is 27.7 Å². The Labute approximate surface area is 367 Å². The minimum Gasteiger partial charge on any atom is -0.480 e. The van der Waals surface area contributed by atoms with Gasteiger partial charge in [-0.05, 0) is 32.1 Å². The first kappa shape index (κ1) is 56.1. The smallest absolute Gasteiger partial charge is 0.320 e. The van der Waals surface area contributed by atoms with E-state index in [4.69, 9.17) is 9.47 Å². The predicted molar refractivity (Wildman–Crippen MR) is 231 cm³/mol. The number of carbonyl (C=O) groups is 7. The zero-order valence-corrected chi connectivity index (χ0v) is 38.7. The van der Waals surface area contributed by atoms with Gasteiger partial charge in [0.05, 0.1) is 58.0 Å². The molecule has 7 N–H and O–H groups in total. The molecule has 0 saturated carbocycles. The van der Waals surface area contributed by atoms with Gasteiger partial charge in [-0.1, -0.05) is 48.5 Å². The fourth-order valence-corrected chi connectivity index (χ4v) is 6.32. The van der Waals surface area contributed by atoms with E-state index in [0.29, 0.717) is 19.8 Å². The molecule has 0 aromatic heterocycles. The van der Waals surface area contributed by atoms with E-state index >= 15 is 0 Å². The van der Waals surface area contributed by atoms with Crippen molar-refractivity contribution in [2.45, 2.75) is 87.6 Å². The highest BCUT2D eigenvalue weighted by atomic mass is 16.5. The summed E-state index contributed by atoms with van der Waals surface area (Å²) >= 11 is 0. The van der Waals surface area contributed by atoms with Crippen LogP contribution in [-0.4, -0.2) is 206 Å². The normalized spacial score (nSPS) is 16.7. The lowest BCUT2D eigenvalue weighted by Crippen LogP contribution is -2.52. The first-order valence-corrected chi connectivity index (χ1v) is 21.4. The third kappa shape index (κ3) is 24.6. The average Bonchev–Trinajstić information content (AvgIpc) is 3.15. The van der Waals surface area contributed by atoms with Crippen molar-refractivity contribution in [3.05, 3.63) is 0 Å². The Hall–Kier alpha value is -3.95. The van der Waals surface area contributed by atoms with Gasteiger partial charge in [0.15, 0.2) is 0 Å². The van der Waals surface area contributed by atoms with Crippen LogP contribution in [0.25, 0.3) is 0 Å². The quantitative estimate of drug-likeness (QED) is 0.0595. The van der Waals surface area contributed by atoms with Crippen LogP contribution in [0.5, 0.6) is 0 Å². The third-order valence-electron chi connectivity index (χ3n) is 10.8. The van der Waals surface area contributed by atoms with E-state index in [2.05, 4.69) is 36.7 Å². The van der Waals surface area contributed by atoms with E-state index in [0.717, 1.165) is 6.42 Å². The van der Waals surface area contributed by atoms with Gasteiger partial charge in [-0.25, -0.2) is 0 Å². The summed E-state index contributed by atoms with van der Waals surface area (Å²) in [5, 5.41) is 47.1. The number of hydrogen-bond acceptors (Lipinski definition) is 13. The van der Waals surface area contributed by atoms with Crippen molar-refractivity contribution in [1.82, 2.24) is 35.6 Å². The molecular weight excluding hydrogens is 810 g/mol. The number of rotatable bonds is 27. The molecule has 0 aromatic carbocycles. The van der Waals surface area contributed by atoms with Crippen LogP contribution in [-0.2, 0) is 43.0 Å². The van der Waals surface area contributed by atoms with E-state index in [1.165, 1.54) is 0 Å². The summed E-state index contributed by atoms with van der Waals surface area (Å²) in [6.45, 7) is 19.5. The summed E-state index contributed by atoms with van der Waals surface area (Å²) in [6.07, 6.45) is 0.764. The first-order chi connectivity index (χ1) is 28.7. The zero-order valence-electron chi connectivity index (χ0n) is 38.7. The molecule has 20 heteroatoms. The Morgan fingerprint density at radius 3 is 1.34 bits per heavy atom. The molecule has 0 aliphatic carbocycles. The van der Waals surface area contributed by atoms with E-state index in [9.17, 15) is 54.0 Å². The molecule has 1 heterocycles. The predicted octanol–water partition coefficient (Wildman–Crippen LogP) is 0.592. The van der Waals surface area contributed by atoms with Gasteiger partial charge < -0.3 is 45.9 Å². The van der Waals surface area contributed by atoms with Crippen LogP contribution in [0.1, 0.15) is 81.6 Å². The van der Waals surface area contributed by atoms with Gasteiger partial charge in [0.1, 0.15) is 6.04 Å². The van der Waals surface area contributed by atoms with Crippen molar-refractivity contribution < 1.29 is 63.5 Å². The Morgan fingerprint density at radius 1 is 0.548 bits per heavy atom. The highest BCUT2D eigenvalue weighted by molar-refractivity contribution is 5.87. The Bertz CT molecular complexity index is 1440. The topological polar surface area (TPSA) is 268 Å². The molecule has 0 bridgehead atoms. The van der Waals surface area contributed by atoms with Crippen LogP contribution >= 0.6 is 0 Å². The standard InChI is InChI=1S/C42H77N7O13/c1-10-39(2,3)27-62-30-42(8,9)38(60)43-21-33(51)45-26-41(6,7)29-61-28-40(4,5)25-44-32(50)12-11-31(37(58)59)49-19-17-47(23-35(54)55)15-13-46(22-34(52)53)14-16-48(18-20-49)24-36(56)57/h31H,10-30H2,1-9H3,(H,43,60)(H,44,50)(H,45,51)(H,52,53)(H,54,55)(H,56,57)(H,58,59). The van der Waals surface area contributed by atoms with Crippen LogP contribution < -0.4 is 16.0 Å². The van der Waals surface area contributed by atoms with Crippen molar-refractivity contribution in [1.29, 1.82) is 0 Å². The Morgan fingerprint density at radius 2 is 0.935 bits per heavy atom. The number of carboxylic acid groups (broad SMARTS) is 4. The summed E-state index contributed by atoms with van der Waals surface area (Å²) in [6, 6.07) is -1.13. The molecule has 20 nitrogen and oxygen atoms in total. The van der Waals surface area contributed by atoms with Gasteiger partial charge >= 0.3 is 23.9 Å². The zero-order chi connectivity index (χ0) is 47.3. The highest BCUT2D eigenvalue weighted by Gasteiger charge is 2.31. The Kier molecular flexibility index (Phi) is 24.1. The van der Waals surface area contributed by atoms with Crippen molar-refractivity contribution in [3.8, 4) is 0 Å². The Balaban J connectivity index is 2.72. The van der Waals surface area contributed by atoms with Gasteiger partial charge in [-0.3, -0.25) is 53.2 Å². The third-order valence-corrected chi connectivity index (χ3v) is 10.8. The lowest BCUT2D eigenvalue weighted by molar-refractivity contribution is -0.145. The second kappa shape index (κ2) is 26.6. The first-order valence-electron chi connectivity index (χ1n) is 21.4. The van der Waals surface area contributed by atoms with Gasteiger partial charge in [-0.15, -0.1) is 0 Å². The maximum atomic E-state index is 13.1. The molecule has 62 heavy (non-hydrogen) atoms. The molecule has 1 aliphatic rings. The molecule has 1 atom stereocenters. The number of nitrogens with zero attached hydrogens (tertiary/aromatic N) is 4. The molecule has 1 rings (SSSR count). The van der Waals surface area contributed by atoms with Crippen molar-refractivity contribution in [2.75, 3.05) is 118 Å². The van der Waals surface area contributed by atoms with Crippen molar-refractivity contribution in [3.63, 3.8) is 0 Å². The lowest BCUT2D eigenvalue weighted by atomic mass is 9.90. The van der Waals surface area contributed by atoms with Crippen LogP contribution in [0, 0.1) is 21.7 Å². The number of nitrogens with one attached hydrogen (secondary N) is 3. The molecule has 1 saturated heterocycles. The number of ether oxygens (including phenoxy) is 2. The SMILES string of the molecule is CCC(C)(C)COCC(C)(C)C(=O)NCC(=O)NCC(C)(C)COCC(C)(C)CNC(=O)CCC(C(=O)O)N1CCN(CC(=O)O)CCN(CC(=O)O)CCN(CC(=O)O)CC1. The molecular formula is C42H77N7O13. The van der Waals surface area contributed by atoms with E-state index in [-0.39, 0.29) is 134 Å². The molecule has 0 spiro atoms. The second-order valence-electron chi connectivity index (χ2n) is 19.4. The molecule has 358 valence electrons. The number of hydrogen-bond donors (Lipinski definition) is 7. The van der Waals surface area contributed by atoms with Gasteiger partial charge in [0.2, 0.25) is 17.7 Å². The van der Waals surface area contributed by atoms with Crippen LogP contribution in [0.15, 0.2) is 0 Å². The van der Waals surface area contributed by atoms with E-state index < -0.39 is 46.2 Å². The van der Waals surface area contributed by atoms with Crippen molar-refractivity contribution in [2.24, 2.45) is 21.7 Å². The maximum absolute atomic E-state index is 13.1. The fraction of sp³-hybridized carbons (Fsp3) is 0.833. The van der Waals surface area contributed by atoms with Gasteiger partial charge in [0.25, 0.3) is 0 Å². The van der Waals surface area contributed by atoms with Gasteiger partial charge in [0, 0.05) is 82.7 Å². The number of aliphatic carboxylic acids is 4. The molecule has 0 aromatic rings. The van der Waals surface area contributed by atoms with Gasteiger partial charge in [-0.2, -0.15) is 0 Å². The summed E-state index contributed by atoms with van der Waals surface area (Å²) < 4.78 is 11.8. The van der Waals surface area contributed by atoms with Crippen LogP contribution in [0.2, 0.25) is 0 Å². The monoisotopic (exact) mass is 888 g/mol. The minimum absolute atomic E-state index is 0.00985. The van der Waals surface area contributed by atoms with Crippen LogP contribution in [0.4, 0.5) is 0 Å². The summed E-state index contributed by atoms with van der Waals surface area (Å²) in [4.78, 5) is 92.2. The fourth-order valence-electron chi connectivity index (χ4n) is 6.32. The summed E-state index contributed by atoms with van der Waals surface area (Å²) in [7, 11) is 0. The van der Waals surface area contributed by atoms with Crippen molar-refractivity contribution >= 4 is 41.6 Å². The number of amides is 3. The molecule has 3 amide bonds. The molecule has 1 fully saturated rings. The number of carbonyl (C=O) groups excluding carboxylic acids is 3. The van der Waals surface area contributed by atoms with E-state index in [1.54, 1.807) is 33.4 Å². The lowest BCUT2D eigenvalue weighted by Gasteiger charge is -2.35. The van der Waals surface area contributed by atoms with Crippen LogP contribution in [0.3, 0.4) is 0 Å². The molecule has 0 radical (unpaired) electrons. The summed E-state index contributed by atoms with van der Waals surface area (Å²) in [5.41, 5.74) is -1.76. The number of carboxylic acids is 4. The minimum atomic E-state index is -1.18. The maximum Gasteiger partial charge on any atom is 0.320 e. The molecule has 1 unspecified atom stereocenters. The average molecular weight is 888 g/mol. The molecule has 1 aliphatic heterocycles. The summed E-state index contributed by atoms with van der Waals surface area (Å²) in [5.74, 6) is -5.43. The largest absolute Gasteiger partial charge is 0.480 e. The second-order valence-corrected chi connectivity index (χ2v) is 19.4.